The first kappa shape index (κ1) is 12.7. The van der Waals surface area contributed by atoms with Crippen molar-refractivity contribution in [1.29, 1.82) is 0 Å². The first-order chi connectivity index (χ1) is 5.92. The molecule has 0 heterocycles. The van der Waals surface area contributed by atoms with E-state index in [1.807, 2.05) is 6.92 Å². The van der Waals surface area contributed by atoms with Gasteiger partial charge in [0.15, 0.2) is 0 Å². The summed E-state index contributed by atoms with van der Waals surface area (Å²) in [4.78, 5) is 0. The van der Waals surface area contributed by atoms with Crippen molar-refractivity contribution in [3.63, 3.8) is 0 Å². The van der Waals surface area contributed by atoms with E-state index in [4.69, 9.17) is 5.73 Å². The molecule has 3 N–H and O–H groups in total. The van der Waals surface area contributed by atoms with E-state index in [1.54, 1.807) is 0 Å². The molecule has 0 radical (unpaired) electrons. The van der Waals surface area contributed by atoms with Crippen molar-refractivity contribution >= 4 is 0 Å². The van der Waals surface area contributed by atoms with Crippen LogP contribution in [-0.2, 0) is 0 Å². The topological polar surface area (TPSA) is 38.0 Å². The smallest absolute Gasteiger partial charge is 0.328 e. The highest BCUT2D eigenvalue weighted by molar-refractivity contribution is 4.57. The van der Waals surface area contributed by atoms with Gasteiger partial charge in [-0.1, -0.05) is 0 Å². The number of rotatable bonds is 6. The molecule has 1 unspecified atom stereocenters. The molecule has 0 aliphatic rings. The van der Waals surface area contributed by atoms with Gasteiger partial charge in [0, 0.05) is 12.6 Å². The Balaban J connectivity index is 3.09. The van der Waals surface area contributed by atoms with Gasteiger partial charge in [-0.25, -0.2) is 0 Å². The van der Waals surface area contributed by atoms with Crippen LogP contribution < -0.4 is 11.1 Å². The summed E-state index contributed by atoms with van der Waals surface area (Å²) < 4.78 is 34.9. The quantitative estimate of drug-likeness (QED) is 0.637. The van der Waals surface area contributed by atoms with Gasteiger partial charge in [-0.3, -0.25) is 0 Å². The van der Waals surface area contributed by atoms with Gasteiger partial charge in [0.1, 0.15) is 0 Å². The monoisotopic (exact) mass is 198 g/mol. The SMILES string of the molecule is CC(N)CCCNCCC(F)(F)F. The Hall–Kier alpha value is -0.290. The van der Waals surface area contributed by atoms with E-state index in [2.05, 4.69) is 5.32 Å². The summed E-state index contributed by atoms with van der Waals surface area (Å²) in [6.45, 7) is 2.50. The van der Waals surface area contributed by atoms with Crippen LogP contribution in [0, 0.1) is 0 Å². The molecule has 0 rings (SSSR count). The van der Waals surface area contributed by atoms with Crippen LogP contribution in [-0.4, -0.2) is 25.3 Å². The minimum absolute atomic E-state index is 0.00243. The largest absolute Gasteiger partial charge is 0.390 e. The normalized spacial score (nSPS) is 14.5. The van der Waals surface area contributed by atoms with Crippen molar-refractivity contribution in [3.8, 4) is 0 Å². The summed E-state index contributed by atoms with van der Waals surface area (Å²) in [6.07, 6.45) is -3.13. The third-order valence-corrected chi connectivity index (χ3v) is 1.60. The second kappa shape index (κ2) is 6.21. The van der Waals surface area contributed by atoms with Crippen molar-refractivity contribution in [2.24, 2.45) is 5.73 Å². The standard InChI is InChI=1S/C8H17F3N2/c1-7(12)3-2-5-13-6-4-8(9,10)11/h7,13H,2-6,12H2,1H3. The molecule has 80 valence electrons. The Morgan fingerprint density at radius 3 is 2.38 bits per heavy atom. The average Bonchev–Trinajstić information content (AvgIpc) is 1.93. The van der Waals surface area contributed by atoms with Crippen LogP contribution in [0.2, 0.25) is 0 Å². The van der Waals surface area contributed by atoms with Gasteiger partial charge >= 0.3 is 6.18 Å². The molecule has 2 nitrogen and oxygen atoms in total. The number of hydrogen-bond acceptors (Lipinski definition) is 2. The molecule has 0 saturated heterocycles. The fourth-order valence-corrected chi connectivity index (χ4v) is 0.904. The Morgan fingerprint density at radius 1 is 1.31 bits per heavy atom. The fourth-order valence-electron chi connectivity index (χ4n) is 0.904. The molecule has 0 saturated carbocycles. The van der Waals surface area contributed by atoms with E-state index in [0.29, 0.717) is 6.54 Å². The van der Waals surface area contributed by atoms with E-state index in [-0.39, 0.29) is 12.6 Å². The van der Waals surface area contributed by atoms with Gasteiger partial charge in [0.2, 0.25) is 0 Å². The van der Waals surface area contributed by atoms with Crippen LogP contribution in [0.15, 0.2) is 0 Å². The lowest BCUT2D eigenvalue weighted by molar-refractivity contribution is -0.133. The van der Waals surface area contributed by atoms with Crippen LogP contribution in [0.5, 0.6) is 0 Å². The van der Waals surface area contributed by atoms with Crippen molar-refractivity contribution in [2.75, 3.05) is 13.1 Å². The van der Waals surface area contributed by atoms with E-state index in [1.165, 1.54) is 0 Å². The molecule has 0 amide bonds. The predicted octanol–water partition coefficient (Wildman–Crippen LogP) is 1.66. The molecule has 13 heavy (non-hydrogen) atoms. The van der Waals surface area contributed by atoms with E-state index >= 15 is 0 Å². The van der Waals surface area contributed by atoms with Crippen LogP contribution in [0.3, 0.4) is 0 Å². The Labute approximate surface area is 76.7 Å². The summed E-state index contributed by atoms with van der Waals surface area (Å²) in [6, 6.07) is 0.129. The van der Waals surface area contributed by atoms with Crippen molar-refractivity contribution < 1.29 is 13.2 Å². The number of alkyl halides is 3. The third kappa shape index (κ3) is 11.7. The molecular formula is C8H17F3N2. The van der Waals surface area contributed by atoms with Gasteiger partial charge in [-0.2, -0.15) is 13.2 Å². The number of hydrogen-bond donors (Lipinski definition) is 2. The van der Waals surface area contributed by atoms with Crippen LogP contribution >= 0.6 is 0 Å². The van der Waals surface area contributed by atoms with Crippen molar-refractivity contribution in [3.05, 3.63) is 0 Å². The summed E-state index contributed by atoms with van der Waals surface area (Å²) in [5.74, 6) is 0. The molecular weight excluding hydrogens is 181 g/mol. The third-order valence-electron chi connectivity index (χ3n) is 1.60. The summed E-state index contributed by atoms with van der Waals surface area (Å²) in [5.41, 5.74) is 5.47. The predicted molar refractivity (Wildman–Crippen MR) is 46.4 cm³/mol. The first-order valence-electron chi connectivity index (χ1n) is 4.45. The molecule has 5 heteroatoms. The molecule has 0 fully saturated rings. The lowest BCUT2D eigenvalue weighted by Gasteiger charge is -2.08. The van der Waals surface area contributed by atoms with Gasteiger partial charge < -0.3 is 11.1 Å². The first-order valence-corrected chi connectivity index (χ1v) is 4.45. The number of nitrogens with one attached hydrogen (secondary N) is 1. The highest BCUT2D eigenvalue weighted by atomic mass is 19.4. The Morgan fingerprint density at radius 2 is 1.92 bits per heavy atom. The van der Waals surface area contributed by atoms with Crippen LogP contribution in [0.4, 0.5) is 13.2 Å². The van der Waals surface area contributed by atoms with Gasteiger partial charge in [0.05, 0.1) is 6.42 Å². The molecule has 0 bridgehead atoms. The molecule has 0 aromatic carbocycles. The zero-order valence-corrected chi connectivity index (χ0v) is 7.82. The van der Waals surface area contributed by atoms with Crippen LogP contribution in [0.25, 0.3) is 0 Å². The van der Waals surface area contributed by atoms with Gasteiger partial charge in [-0.05, 0) is 26.3 Å². The van der Waals surface area contributed by atoms with Gasteiger partial charge in [0.25, 0.3) is 0 Å². The summed E-state index contributed by atoms with van der Waals surface area (Å²) in [7, 11) is 0. The maximum Gasteiger partial charge on any atom is 0.390 e. The second-order valence-electron chi connectivity index (χ2n) is 3.23. The minimum Gasteiger partial charge on any atom is -0.328 e. The molecule has 0 spiro atoms. The highest BCUT2D eigenvalue weighted by Gasteiger charge is 2.25. The van der Waals surface area contributed by atoms with Crippen molar-refractivity contribution in [2.45, 2.75) is 38.4 Å². The van der Waals surface area contributed by atoms with E-state index in [0.717, 1.165) is 12.8 Å². The number of nitrogens with two attached hydrogens (primary N) is 1. The average molecular weight is 198 g/mol. The van der Waals surface area contributed by atoms with E-state index in [9.17, 15) is 13.2 Å². The lowest BCUT2D eigenvalue weighted by Crippen LogP contribution is -2.24. The molecule has 0 aliphatic heterocycles. The zero-order valence-electron chi connectivity index (χ0n) is 7.82. The second-order valence-corrected chi connectivity index (χ2v) is 3.23. The fraction of sp³-hybridized carbons (Fsp3) is 1.00. The minimum atomic E-state index is -4.05. The summed E-state index contributed by atoms with van der Waals surface area (Å²) in [5, 5.41) is 2.72. The molecule has 0 aromatic rings. The number of halogens is 3. The maximum atomic E-state index is 11.6. The lowest BCUT2D eigenvalue weighted by atomic mass is 10.2. The van der Waals surface area contributed by atoms with Gasteiger partial charge in [-0.15, -0.1) is 0 Å². The molecule has 0 aromatic heterocycles. The molecule has 0 aliphatic carbocycles. The van der Waals surface area contributed by atoms with Crippen molar-refractivity contribution in [1.82, 2.24) is 5.32 Å². The Kier molecular flexibility index (Phi) is 6.07. The maximum absolute atomic E-state index is 11.6. The summed E-state index contributed by atoms with van der Waals surface area (Å²) >= 11 is 0. The van der Waals surface area contributed by atoms with E-state index < -0.39 is 12.6 Å². The van der Waals surface area contributed by atoms with Crippen LogP contribution in [0.1, 0.15) is 26.2 Å². The zero-order chi connectivity index (χ0) is 10.3. The molecule has 1 atom stereocenters. The Bertz CT molecular complexity index is 123. The highest BCUT2D eigenvalue weighted by Crippen LogP contribution is 2.17.